The van der Waals surface area contributed by atoms with Gasteiger partial charge in [0.1, 0.15) is 11.6 Å². The van der Waals surface area contributed by atoms with E-state index in [0.29, 0.717) is 11.1 Å². The molecule has 0 aliphatic heterocycles. The lowest BCUT2D eigenvalue weighted by molar-refractivity contribution is 0.607. The summed E-state index contributed by atoms with van der Waals surface area (Å²) in [5.41, 5.74) is 4.21. The molecule has 0 radical (unpaired) electrons. The van der Waals surface area contributed by atoms with Crippen LogP contribution in [0.4, 0.5) is 8.78 Å². The topological polar surface area (TPSA) is 0 Å². The maximum atomic E-state index is 14.0. The zero-order valence-corrected chi connectivity index (χ0v) is 15.9. The second-order valence-corrected chi connectivity index (χ2v) is 6.62. The van der Waals surface area contributed by atoms with Crippen LogP contribution in [0.1, 0.15) is 46.7 Å². The highest BCUT2D eigenvalue weighted by Crippen LogP contribution is 2.12. The first-order chi connectivity index (χ1) is 13.5. The second kappa shape index (κ2) is 9.03. The molecule has 0 N–H and O–H groups in total. The van der Waals surface area contributed by atoms with Gasteiger partial charge in [0.05, 0.1) is 5.56 Å². The van der Waals surface area contributed by atoms with Crippen LogP contribution in [-0.4, -0.2) is 0 Å². The summed E-state index contributed by atoms with van der Waals surface area (Å²) in [6.45, 7) is 3.87. The summed E-state index contributed by atoms with van der Waals surface area (Å²) in [7, 11) is 0. The molecule has 0 fully saturated rings. The number of rotatable bonds is 2. The molecule has 0 spiro atoms. The van der Waals surface area contributed by atoms with E-state index in [1.807, 2.05) is 50.2 Å². The number of benzene rings is 3. The van der Waals surface area contributed by atoms with E-state index in [1.165, 1.54) is 12.1 Å². The lowest BCUT2D eigenvalue weighted by Crippen LogP contribution is -1.90. The average molecular weight is 370 g/mol. The van der Waals surface area contributed by atoms with Crippen LogP contribution >= 0.6 is 0 Å². The molecule has 0 amide bonds. The molecule has 0 aliphatic rings. The zero-order valence-electron chi connectivity index (χ0n) is 15.9. The standard InChI is InChI=1S/C26H20F2/c1-3-4-23-16-13-22(18-26(23)28)11-10-20-6-8-21(9-7-20)12-15-24-14-5-19(2)17-25(24)27/h5-9,13-14,16-18H,3-4H2,1-2H3. The van der Waals surface area contributed by atoms with Gasteiger partial charge in [-0.05, 0) is 73.0 Å². The van der Waals surface area contributed by atoms with Gasteiger partial charge in [-0.3, -0.25) is 0 Å². The Labute approximate surface area is 165 Å². The van der Waals surface area contributed by atoms with Crippen molar-refractivity contribution in [3.8, 4) is 23.7 Å². The Balaban J connectivity index is 1.73. The highest BCUT2D eigenvalue weighted by atomic mass is 19.1. The van der Waals surface area contributed by atoms with Crippen molar-refractivity contribution < 1.29 is 8.78 Å². The molecule has 3 rings (SSSR count). The lowest BCUT2D eigenvalue weighted by Gasteiger charge is -2.01. The van der Waals surface area contributed by atoms with Crippen molar-refractivity contribution in [3.05, 3.63) is 106 Å². The van der Waals surface area contributed by atoms with Gasteiger partial charge in [0.25, 0.3) is 0 Å². The van der Waals surface area contributed by atoms with Crippen LogP contribution in [-0.2, 0) is 6.42 Å². The van der Waals surface area contributed by atoms with Gasteiger partial charge in [-0.15, -0.1) is 0 Å². The third-order valence-electron chi connectivity index (χ3n) is 4.27. The van der Waals surface area contributed by atoms with E-state index in [9.17, 15) is 8.78 Å². The van der Waals surface area contributed by atoms with Gasteiger partial charge < -0.3 is 0 Å². The summed E-state index contributed by atoms with van der Waals surface area (Å²) in [4.78, 5) is 0. The van der Waals surface area contributed by atoms with Crippen molar-refractivity contribution in [1.82, 2.24) is 0 Å². The van der Waals surface area contributed by atoms with Crippen molar-refractivity contribution in [2.24, 2.45) is 0 Å². The third kappa shape index (κ3) is 5.09. The van der Waals surface area contributed by atoms with Crippen LogP contribution in [0.3, 0.4) is 0 Å². The smallest absolute Gasteiger partial charge is 0.139 e. The number of hydrogen-bond acceptors (Lipinski definition) is 0. The van der Waals surface area contributed by atoms with Crippen molar-refractivity contribution in [1.29, 1.82) is 0 Å². The van der Waals surface area contributed by atoms with Crippen LogP contribution < -0.4 is 0 Å². The summed E-state index contributed by atoms with van der Waals surface area (Å²) in [6, 6.07) is 17.5. The summed E-state index contributed by atoms with van der Waals surface area (Å²) >= 11 is 0. The number of hydrogen-bond donors (Lipinski definition) is 0. The van der Waals surface area contributed by atoms with Crippen LogP contribution in [0.5, 0.6) is 0 Å². The van der Waals surface area contributed by atoms with Crippen LogP contribution in [0, 0.1) is 42.2 Å². The van der Waals surface area contributed by atoms with Crippen molar-refractivity contribution >= 4 is 0 Å². The summed E-state index contributed by atoms with van der Waals surface area (Å²) < 4.78 is 27.8. The average Bonchev–Trinajstić information content (AvgIpc) is 2.68. The molecular formula is C26H20F2. The molecule has 0 bridgehead atoms. The fourth-order valence-corrected chi connectivity index (χ4v) is 2.74. The number of aryl methyl sites for hydroxylation is 2. The Morgan fingerprint density at radius 2 is 1.29 bits per heavy atom. The Morgan fingerprint density at radius 3 is 1.89 bits per heavy atom. The van der Waals surface area contributed by atoms with Crippen molar-refractivity contribution in [2.75, 3.05) is 0 Å². The van der Waals surface area contributed by atoms with Gasteiger partial charge in [-0.25, -0.2) is 8.78 Å². The SMILES string of the molecule is CCCc1ccc(C#Cc2ccc(C#Cc3ccc(C)cc3F)cc2)cc1F. The quantitative estimate of drug-likeness (QED) is 0.484. The molecule has 0 heterocycles. The summed E-state index contributed by atoms with van der Waals surface area (Å²) in [5.74, 6) is 11.3. The molecule has 0 saturated heterocycles. The van der Waals surface area contributed by atoms with Gasteiger partial charge in [0, 0.05) is 16.7 Å². The Hall–Kier alpha value is -3.36. The Bertz CT molecular complexity index is 1100. The van der Waals surface area contributed by atoms with E-state index in [-0.39, 0.29) is 11.6 Å². The highest BCUT2D eigenvalue weighted by molar-refractivity contribution is 5.48. The first-order valence-electron chi connectivity index (χ1n) is 9.24. The third-order valence-corrected chi connectivity index (χ3v) is 4.27. The molecule has 138 valence electrons. The zero-order chi connectivity index (χ0) is 19.9. The van der Waals surface area contributed by atoms with Gasteiger partial charge >= 0.3 is 0 Å². The van der Waals surface area contributed by atoms with Crippen molar-refractivity contribution in [3.63, 3.8) is 0 Å². The first kappa shape index (κ1) is 19.4. The molecule has 0 unspecified atom stereocenters. The molecule has 2 heteroatoms. The van der Waals surface area contributed by atoms with E-state index in [1.54, 1.807) is 12.1 Å². The van der Waals surface area contributed by atoms with Crippen LogP contribution in [0.15, 0.2) is 60.7 Å². The molecule has 3 aromatic rings. The minimum atomic E-state index is -0.313. The van der Waals surface area contributed by atoms with E-state index in [0.717, 1.165) is 35.1 Å². The first-order valence-corrected chi connectivity index (χ1v) is 9.24. The van der Waals surface area contributed by atoms with Crippen LogP contribution in [0.25, 0.3) is 0 Å². The predicted octanol–water partition coefficient (Wildman–Crippen LogP) is 6.03. The molecule has 3 aromatic carbocycles. The molecular weight excluding hydrogens is 350 g/mol. The van der Waals surface area contributed by atoms with Crippen LogP contribution in [0.2, 0.25) is 0 Å². The minimum Gasteiger partial charge on any atom is -0.207 e. The number of halogens is 2. The summed E-state index contributed by atoms with van der Waals surface area (Å²) in [5, 5.41) is 0. The normalized spacial score (nSPS) is 9.86. The molecule has 0 nitrogen and oxygen atoms in total. The molecule has 0 aliphatic carbocycles. The highest BCUT2D eigenvalue weighted by Gasteiger charge is 2.01. The van der Waals surface area contributed by atoms with Gasteiger partial charge in [-0.1, -0.05) is 49.2 Å². The minimum absolute atomic E-state index is 0.206. The van der Waals surface area contributed by atoms with Gasteiger partial charge in [-0.2, -0.15) is 0 Å². The molecule has 28 heavy (non-hydrogen) atoms. The van der Waals surface area contributed by atoms with Gasteiger partial charge in [0.2, 0.25) is 0 Å². The fraction of sp³-hybridized carbons (Fsp3) is 0.154. The van der Waals surface area contributed by atoms with E-state index >= 15 is 0 Å². The summed E-state index contributed by atoms with van der Waals surface area (Å²) in [6.07, 6.45) is 1.64. The Morgan fingerprint density at radius 1 is 0.679 bits per heavy atom. The molecule has 0 aromatic heterocycles. The predicted molar refractivity (Wildman–Crippen MR) is 110 cm³/mol. The molecule has 0 atom stereocenters. The molecule has 0 saturated carbocycles. The largest absolute Gasteiger partial charge is 0.207 e. The Kier molecular flexibility index (Phi) is 6.25. The van der Waals surface area contributed by atoms with E-state index < -0.39 is 0 Å². The fourth-order valence-electron chi connectivity index (χ4n) is 2.74. The van der Waals surface area contributed by atoms with E-state index in [2.05, 4.69) is 23.7 Å². The monoisotopic (exact) mass is 370 g/mol. The lowest BCUT2D eigenvalue weighted by atomic mass is 10.1. The second-order valence-electron chi connectivity index (χ2n) is 6.62. The van der Waals surface area contributed by atoms with Gasteiger partial charge in [0.15, 0.2) is 0 Å². The van der Waals surface area contributed by atoms with E-state index in [4.69, 9.17) is 0 Å². The maximum Gasteiger partial charge on any atom is 0.139 e. The van der Waals surface area contributed by atoms with Crippen molar-refractivity contribution in [2.45, 2.75) is 26.7 Å². The maximum absolute atomic E-state index is 14.0.